The van der Waals surface area contributed by atoms with Crippen LogP contribution in [0.1, 0.15) is 20.3 Å². The summed E-state index contributed by atoms with van der Waals surface area (Å²) in [6, 6.07) is 8.31. The number of anilines is 1. The molecule has 1 heterocycles. The molecular weight excluding hydrogens is 212 g/mol. The van der Waals surface area contributed by atoms with Gasteiger partial charge < -0.3 is 10.5 Å². The fraction of sp³-hybridized carbons (Fsp3) is 0.571. The maximum absolute atomic E-state index is 5.71. The van der Waals surface area contributed by atoms with Crippen LogP contribution in [0.15, 0.2) is 24.3 Å². The molecule has 3 nitrogen and oxygen atoms in total. The van der Waals surface area contributed by atoms with Gasteiger partial charge in [0.2, 0.25) is 0 Å². The number of nitrogens with two attached hydrogens (primary N) is 1. The molecule has 17 heavy (non-hydrogen) atoms. The zero-order valence-electron chi connectivity index (χ0n) is 10.7. The van der Waals surface area contributed by atoms with Gasteiger partial charge in [0.15, 0.2) is 0 Å². The number of nitrogens with zero attached hydrogens (tertiary/aromatic N) is 1. The van der Waals surface area contributed by atoms with Crippen molar-refractivity contribution in [2.75, 3.05) is 25.4 Å². The van der Waals surface area contributed by atoms with Crippen molar-refractivity contribution in [2.45, 2.75) is 26.3 Å². The molecule has 0 spiro atoms. The molecule has 1 aliphatic heterocycles. The first-order valence-corrected chi connectivity index (χ1v) is 6.37. The Bertz CT molecular complexity index is 367. The number of benzene rings is 1. The molecule has 1 fully saturated rings. The topological polar surface area (TPSA) is 38.5 Å². The zero-order valence-corrected chi connectivity index (χ0v) is 10.7. The highest BCUT2D eigenvalue weighted by molar-refractivity contribution is 5.43. The summed E-state index contributed by atoms with van der Waals surface area (Å²) in [6.07, 6.45) is 1.30. The van der Waals surface area contributed by atoms with Crippen molar-refractivity contribution >= 4 is 5.69 Å². The van der Waals surface area contributed by atoms with E-state index in [0.717, 1.165) is 30.5 Å². The molecule has 1 aromatic carbocycles. The lowest BCUT2D eigenvalue weighted by atomic mass is 10.1. The second-order valence-corrected chi connectivity index (χ2v) is 5.11. The van der Waals surface area contributed by atoms with Gasteiger partial charge in [-0.25, -0.2) is 0 Å². The Morgan fingerprint density at radius 2 is 2.24 bits per heavy atom. The van der Waals surface area contributed by atoms with Crippen LogP contribution in [-0.4, -0.2) is 30.6 Å². The van der Waals surface area contributed by atoms with Crippen molar-refractivity contribution < 1.29 is 4.74 Å². The van der Waals surface area contributed by atoms with Crippen LogP contribution in [-0.2, 0) is 0 Å². The summed E-state index contributed by atoms with van der Waals surface area (Å²) in [5, 5.41) is 0. The Hall–Kier alpha value is -1.22. The van der Waals surface area contributed by atoms with Gasteiger partial charge in [-0.3, -0.25) is 4.90 Å². The molecule has 1 saturated heterocycles. The SMILES string of the molecule is CC1CC(C)N(CCOc2cccc(N)c2)C1. The highest BCUT2D eigenvalue weighted by Crippen LogP contribution is 2.22. The molecule has 3 heteroatoms. The van der Waals surface area contributed by atoms with Crippen LogP contribution < -0.4 is 10.5 Å². The lowest BCUT2D eigenvalue weighted by molar-refractivity contribution is 0.202. The van der Waals surface area contributed by atoms with Gasteiger partial charge in [-0.2, -0.15) is 0 Å². The normalized spacial score (nSPS) is 25.1. The average Bonchev–Trinajstić information content (AvgIpc) is 2.58. The van der Waals surface area contributed by atoms with Crippen molar-refractivity contribution in [3.05, 3.63) is 24.3 Å². The molecule has 2 rings (SSSR count). The van der Waals surface area contributed by atoms with E-state index in [-0.39, 0.29) is 0 Å². The number of likely N-dealkylation sites (tertiary alicyclic amines) is 1. The van der Waals surface area contributed by atoms with E-state index in [1.165, 1.54) is 13.0 Å². The third-order valence-electron chi connectivity index (χ3n) is 3.42. The van der Waals surface area contributed by atoms with E-state index >= 15 is 0 Å². The summed E-state index contributed by atoms with van der Waals surface area (Å²) in [5.74, 6) is 1.68. The first-order chi connectivity index (χ1) is 8.15. The fourth-order valence-electron chi connectivity index (χ4n) is 2.58. The molecular formula is C14H22N2O. The molecule has 94 valence electrons. The Balaban J connectivity index is 1.76. The van der Waals surface area contributed by atoms with E-state index in [4.69, 9.17) is 10.5 Å². The average molecular weight is 234 g/mol. The Kier molecular flexibility index (Phi) is 3.89. The molecule has 0 amide bonds. The summed E-state index contributed by atoms with van der Waals surface area (Å²) in [5.41, 5.74) is 6.46. The standard InChI is InChI=1S/C14H22N2O/c1-11-8-12(2)16(10-11)6-7-17-14-5-3-4-13(15)9-14/h3-5,9,11-12H,6-8,10,15H2,1-2H3. The van der Waals surface area contributed by atoms with Crippen LogP contribution in [0, 0.1) is 5.92 Å². The van der Waals surface area contributed by atoms with Crippen LogP contribution in [0.4, 0.5) is 5.69 Å². The minimum absolute atomic E-state index is 0.689. The quantitative estimate of drug-likeness (QED) is 0.813. The van der Waals surface area contributed by atoms with Gasteiger partial charge in [0, 0.05) is 30.9 Å². The lowest BCUT2D eigenvalue weighted by Crippen LogP contribution is -2.31. The molecule has 2 atom stereocenters. The smallest absolute Gasteiger partial charge is 0.121 e. The third kappa shape index (κ3) is 3.37. The van der Waals surface area contributed by atoms with E-state index in [9.17, 15) is 0 Å². The highest BCUT2D eigenvalue weighted by atomic mass is 16.5. The summed E-state index contributed by atoms with van der Waals surface area (Å²) >= 11 is 0. The molecule has 0 aromatic heterocycles. The van der Waals surface area contributed by atoms with Crippen LogP contribution in [0.2, 0.25) is 0 Å². The fourth-order valence-corrected chi connectivity index (χ4v) is 2.58. The molecule has 1 aromatic rings. The van der Waals surface area contributed by atoms with Gasteiger partial charge in [0.1, 0.15) is 12.4 Å². The minimum atomic E-state index is 0.689. The molecule has 2 unspecified atom stereocenters. The van der Waals surface area contributed by atoms with Crippen molar-refractivity contribution in [3.63, 3.8) is 0 Å². The molecule has 0 aliphatic carbocycles. The number of ether oxygens (including phenoxy) is 1. The predicted octanol–water partition coefficient (Wildman–Crippen LogP) is 2.38. The third-order valence-corrected chi connectivity index (χ3v) is 3.42. The Morgan fingerprint density at radius 1 is 1.41 bits per heavy atom. The van der Waals surface area contributed by atoms with Gasteiger partial charge in [0.25, 0.3) is 0 Å². The number of rotatable bonds is 4. The molecule has 2 N–H and O–H groups in total. The van der Waals surface area contributed by atoms with Crippen molar-refractivity contribution in [1.82, 2.24) is 4.90 Å². The number of nitrogen functional groups attached to an aromatic ring is 1. The summed E-state index contributed by atoms with van der Waals surface area (Å²) in [7, 11) is 0. The van der Waals surface area contributed by atoms with E-state index < -0.39 is 0 Å². The summed E-state index contributed by atoms with van der Waals surface area (Å²) in [6.45, 7) is 7.54. The van der Waals surface area contributed by atoms with Crippen molar-refractivity contribution in [2.24, 2.45) is 5.92 Å². The van der Waals surface area contributed by atoms with Gasteiger partial charge in [-0.1, -0.05) is 13.0 Å². The first kappa shape index (κ1) is 12.2. The minimum Gasteiger partial charge on any atom is -0.492 e. The molecule has 1 aliphatic rings. The van der Waals surface area contributed by atoms with Crippen LogP contribution >= 0.6 is 0 Å². The van der Waals surface area contributed by atoms with Crippen LogP contribution in [0.25, 0.3) is 0 Å². The van der Waals surface area contributed by atoms with Crippen LogP contribution in [0.3, 0.4) is 0 Å². The van der Waals surface area contributed by atoms with Gasteiger partial charge in [-0.15, -0.1) is 0 Å². The van der Waals surface area contributed by atoms with E-state index in [1.807, 2.05) is 24.3 Å². The lowest BCUT2D eigenvalue weighted by Gasteiger charge is -2.20. The number of hydrogen-bond acceptors (Lipinski definition) is 3. The molecule has 0 radical (unpaired) electrons. The van der Waals surface area contributed by atoms with Crippen molar-refractivity contribution in [3.8, 4) is 5.75 Å². The monoisotopic (exact) mass is 234 g/mol. The largest absolute Gasteiger partial charge is 0.492 e. The second kappa shape index (κ2) is 5.41. The Morgan fingerprint density at radius 3 is 2.88 bits per heavy atom. The van der Waals surface area contributed by atoms with E-state index in [1.54, 1.807) is 0 Å². The molecule has 0 bridgehead atoms. The number of hydrogen-bond donors (Lipinski definition) is 1. The second-order valence-electron chi connectivity index (χ2n) is 5.11. The van der Waals surface area contributed by atoms with Crippen molar-refractivity contribution in [1.29, 1.82) is 0 Å². The molecule has 0 saturated carbocycles. The van der Waals surface area contributed by atoms with E-state index in [2.05, 4.69) is 18.7 Å². The summed E-state index contributed by atoms with van der Waals surface area (Å²) in [4.78, 5) is 2.50. The van der Waals surface area contributed by atoms with Gasteiger partial charge in [0.05, 0.1) is 0 Å². The van der Waals surface area contributed by atoms with E-state index in [0.29, 0.717) is 6.04 Å². The Labute approximate surface area is 104 Å². The predicted molar refractivity (Wildman–Crippen MR) is 71.2 cm³/mol. The van der Waals surface area contributed by atoms with Gasteiger partial charge in [-0.05, 0) is 31.4 Å². The summed E-state index contributed by atoms with van der Waals surface area (Å²) < 4.78 is 5.71. The maximum Gasteiger partial charge on any atom is 0.121 e. The first-order valence-electron chi connectivity index (χ1n) is 6.37. The van der Waals surface area contributed by atoms with Crippen LogP contribution in [0.5, 0.6) is 5.75 Å². The zero-order chi connectivity index (χ0) is 12.3. The highest BCUT2D eigenvalue weighted by Gasteiger charge is 2.25. The maximum atomic E-state index is 5.71. The van der Waals surface area contributed by atoms with Gasteiger partial charge >= 0.3 is 0 Å².